The van der Waals surface area contributed by atoms with Crippen molar-refractivity contribution in [3.63, 3.8) is 0 Å². The van der Waals surface area contributed by atoms with Crippen LogP contribution in [0.1, 0.15) is 43.9 Å². The van der Waals surface area contributed by atoms with Crippen molar-refractivity contribution in [2.75, 3.05) is 33.2 Å². The van der Waals surface area contributed by atoms with Crippen LogP contribution in [0.5, 0.6) is 0 Å². The van der Waals surface area contributed by atoms with Crippen molar-refractivity contribution in [1.82, 2.24) is 20.2 Å². The Bertz CT molecular complexity index is 1290. The summed E-state index contributed by atoms with van der Waals surface area (Å²) in [5.74, 6) is -0.0689. The number of nitrogens with two attached hydrogens (primary N) is 1. The average Bonchev–Trinajstić information content (AvgIpc) is 3.11. The minimum atomic E-state index is -0.573. The SMILES string of the molecule is CCCNC(=O)C(Cc1ccccc1)N(C)CC(N(C=O)CC=O)N(CCc1ccccc1)OC(C)C.Cc1ccccc1.NC=O.O=CO. The molecule has 0 aromatic heterocycles. The summed E-state index contributed by atoms with van der Waals surface area (Å²) < 4.78 is 0. The molecule has 0 radical (unpaired) electrons. The number of hydrogen-bond donors (Lipinski definition) is 3. The number of nitrogens with one attached hydrogen (secondary N) is 1. The fourth-order valence-corrected chi connectivity index (χ4v) is 4.68. The molecule has 2 unspecified atom stereocenters. The van der Waals surface area contributed by atoms with Gasteiger partial charge >= 0.3 is 0 Å². The monoisotopic (exact) mass is 693 g/mol. The number of aryl methyl sites for hydroxylation is 1. The topological polar surface area (TPSA) is 163 Å². The summed E-state index contributed by atoms with van der Waals surface area (Å²) in [6.45, 7) is 9.04. The van der Waals surface area contributed by atoms with Gasteiger partial charge in [0.25, 0.3) is 6.47 Å². The Morgan fingerprint density at radius 2 is 1.40 bits per heavy atom. The molecule has 50 heavy (non-hydrogen) atoms. The molecule has 12 nitrogen and oxygen atoms in total. The fraction of sp³-hybridized carbons (Fsp3) is 0.395. The predicted molar refractivity (Wildman–Crippen MR) is 196 cm³/mol. The summed E-state index contributed by atoms with van der Waals surface area (Å²) in [4.78, 5) is 63.3. The number of benzene rings is 3. The second kappa shape index (κ2) is 29.0. The summed E-state index contributed by atoms with van der Waals surface area (Å²) in [5, 5.41) is 11.7. The normalized spacial score (nSPS) is 11.3. The summed E-state index contributed by atoms with van der Waals surface area (Å²) >= 11 is 0. The van der Waals surface area contributed by atoms with E-state index in [1.165, 1.54) is 10.5 Å². The van der Waals surface area contributed by atoms with Gasteiger partial charge in [-0.1, -0.05) is 103 Å². The third kappa shape index (κ3) is 20.5. The van der Waals surface area contributed by atoms with E-state index in [0.717, 1.165) is 17.5 Å². The second-order valence-corrected chi connectivity index (χ2v) is 11.3. The maximum absolute atomic E-state index is 13.2. The zero-order chi connectivity index (χ0) is 37.6. The summed E-state index contributed by atoms with van der Waals surface area (Å²) in [5.41, 5.74) is 7.67. The Morgan fingerprint density at radius 3 is 1.82 bits per heavy atom. The lowest BCUT2D eigenvalue weighted by Gasteiger charge is -2.40. The number of amides is 3. The third-order valence-corrected chi connectivity index (χ3v) is 6.99. The van der Waals surface area contributed by atoms with Crippen molar-refractivity contribution in [2.24, 2.45) is 5.73 Å². The Labute approximate surface area is 297 Å². The fourth-order valence-electron chi connectivity index (χ4n) is 4.68. The smallest absolute Gasteiger partial charge is 0.290 e. The van der Waals surface area contributed by atoms with Crippen molar-refractivity contribution >= 4 is 31.5 Å². The van der Waals surface area contributed by atoms with Crippen LogP contribution in [0.25, 0.3) is 0 Å². The number of carbonyl (C=O) groups excluding carboxylic acids is 4. The third-order valence-electron chi connectivity index (χ3n) is 6.99. The van der Waals surface area contributed by atoms with Crippen LogP contribution in [-0.4, -0.2) is 103 Å². The molecule has 0 bridgehead atoms. The summed E-state index contributed by atoms with van der Waals surface area (Å²) in [7, 11) is 1.88. The second-order valence-electron chi connectivity index (χ2n) is 11.3. The van der Waals surface area contributed by atoms with Gasteiger partial charge in [0.15, 0.2) is 0 Å². The first-order valence-corrected chi connectivity index (χ1v) is 16.5. The van der Waals surface area contributed by atoms with E-state index in [4.69, 9.17) is 19.5 Å². The van der Waals surface area contributed by atoms with Crippen LogP contribution in [0, 0.1) is 6.92 Å². The Kier molecular flexibility index (Phi) is 26.2. The molecule has 0 aliphatic carbocycles. The van der Waals surface area contributed by atoms with Crippen LogP contribution >= 0.6 is 0 Å². The van der Waals surface area contributed by atoms with Crippen LogP contribution in [0.2, 0.25) is 0 Å². The van der Waals surface area contributed by atoms with E-state index < -0.39 is 12.2 Å². The number of hydroxylamine groups is 2. The minimum Gasteiger partial charge on any atom is -0.483 e. The molecule has 3 aromatic rings. The predicted octanol–water partition coefficient (Wildman–Crippen LogP) is 3.72. The van der Waals surface area contributed by atoms with E-state index in [2.05, 4.69) is 30.1 Å². The number of primary amides is 1. The first-order valence-electron chi connectivity index (χ1n) is 16.5. The molecule has 3 amide bonds. The van der Waals surface area contributed by atoms with Gasteiger partial charge in [0, 0.05) is 19.6 Å². The van der Waals surface area contributed by atoms with E-state index in [-0.39, 0.29) is 31.4 Å². The highest BCUT2D eigenvalue weighted by Crippen LogP contribution is 2.15. The zero-order valence-electron chi connectivity index (χ0n) is 30.0. The van der Waals surface area contributed by atoms with Crippen molar-refractivity contribution < 1.29 is 33.9 Å². The van der Waals surface area contributed by atoms with Crippen LogP contribution < -0.4 is 11.1 Å². The van der Waals surface area contributed by atoms with Crippen molar-refractivity contribution in [3.05, 3.63) is 108 Å². The average molecular weight is 694 g/mol. The van der Waals surface area contributed by atoms with Crippen LogP contribution in [-0.2, 0) is 41.7 Å². The van der Waals surface area contributed by atoms with Crippen LogP contribution in [0.4, 0.5) is 0 Å². The molecule has 12 heteroatoms. The lowest BCUT2D eigenvalue weighted by molar-refractivity contribution is -0.239. The van der Waals surface area contributed by atoms with Gasteiger partial charge < -0.3 is 25.9 Å². The van der Waals surface area contributed by atoms with E-state index in [1.54, 1.807) is 5.06 Å². The lowest BCUT2D eigenvalue weighted by Crippen LogP contribution is -2.58. The number of carboxylic acid groups (broad SMARTS) is 1. The van der Waals surface area contributed by atoms with E-state index in [1.807, 2.05) is 112 Å². The summed E-state index contributed by atoms with van der Waals surface area (Å²) in [6, 6.07) is 29.7. The Hall–Kier alpha value is -4.91. The van der Waals surface area contributed by atoms with Gasteiger partial charge in [-0.05, 0) is 58.2 Å². The molecular formula is C38H55N5O7. The van der Waals surface area contributed by atoms with Gasteiger partial charge in [-0.25, -0.2) is 0 Å². The highest BCUT2D eigenvalue weighted by molar-refractivity contribution is 5.82. The van der Waals surface area contributed by atoms with Crippen molar-refractivity contribution in [1.29, 1.82) is 0 Å². The van der Waals surface area contributed by atoms with E-state index in [0.29, 0.717) is 45.2 Å². The van der Waals surface area contributed by atoms with Gasteiger partial charge in [0.05, 0.1) is 18.7 Å². The Balaban J connectivity index is 0.00000155. The molecule has 274 valence electrons. The molecular weight excluding hydrogens is 638 g/mol. The van der Waals surface area contributed by atoms with Gasteiger partial charge in [-0.3, -0.25) is 28.9 Å². The molecule has 3 rings (SSSR count). The number of hydrogen-bond acceptors (Lipinski definition) is 8. The number of likely N-dealkylation sites (N-methyl/N-ethyl adjacent to an activating group) is 1. The van der Waals surface area contributed by atoms with Crippen molar-refractivity contribution in [2.45, 2.75) is 65.3 Å². The number of aldehydes is 1. The molecule has 0 saturated carbocycles. The summed E-state index contributed by atoms with van der Waals surface area (Å²) in [6.07, 6.45) is 2.98. The first-order chi connectivity index (χ1) is 24.1. The minimum absolute atomic E-state index is 0.0689. The molecule has 0 spiro atoms. The van der Waals surface area contributed by atoms with E-state index in [9.17, 15) is 14.4 Å². The quantitative estimate of drug-likeness (QED) is 0.102. The number of rotatable bonds is 18. The van der Waals surface area contributed by atoms with Gasteiger partial charge in [-0.15, -0.1) is 0 Å². The molecule has 0 aliphatic rings. The van der Waals surface area contributed by atoms with Gasteiger partial charge in [0.1, 0.15) is 12.5 Å². The van der Waals surface area contributed by atoms with Crippen LogP contribution in [0.15, 0.2) is 91.0 Å². The molecule has 0 saturated heterocycles. The van der Waals surface area contributed by atoms with Crippen LogP contribution in [0.3, 0.4) is 0 Å². The number of nitrogens with zero attached hydrogens (tertiary/aromatic N) is 3. The zero-order valence-corrected chi connectivity index (χ0v) is 30.0. The van der Waals surface area contributed by atoms with Gasteiger partial charge in [-0.2, -0.15) is 5.06 Å². The first kappa shape index (κ1) is 45.1. The van der Waals surface area contributed by atoms with E-state index >= 15 is 0 Å². The standard InChI is InChI=1S/C29H42N4O4.C7H8.CH3NO.CH2O2/c1-5-17-30-29(36)27(21-26-14-10-7-11-15-26)31(4)22-28(32(23-35)19-20-34)33(37-24(2)3)18-16-25-12-8-6-9-13-25;1-7-5-3-2-4-6-7;2*2-1-3/h6-15,20,23-24,27-28H,5,16-19,21-22H2,1-4H3,(H,30,36);2-6H,1H3;1H,(H2,2,3);1H,(H,2,3). The highest BCUT2D eigenvalue weighted by Gasteiger charge is 2.32. The molecule has 0 aliphatic heterocycles. The van der Waals surface area contributed by atoms with Gasteiger partial charge in [0.2, 0.25) is 18.7 Å². The maximum atomic E-state index is 13.2. The molecule has 4 N–H and O–H groups in total. The maximum Gasteiger partial charge on any atom is 0.290 e. The molecule has 0 fully saturated rings. The largest absolute Gasteiger partial charge is 0.483 e. The van der Waals surface area contributed by atoms with Crippen molar-refractivity contribution in [3.8, 4) is 0 Å². The molecule has 0 heterocycles. The molecule has 3 aromatic carbocycles. The molecule has 2 atom stereocenters. The lowest BCUT2D eigenvalue weighted by atomic mass is 10.0. The highest BCUT2D eigenvalue weighted by atomic mass is 16.7. The number of carbonyl (C=O) groups is 5. The Morgan fingerprint density at radius 1 is 0.900 bits per heavy atom.